The maximum absolute atomic E-state index is 11.4. The van der Waals surface area contributed by atoms with Gasteiger partial charge in [0.05, 0.1) is 18.7 Å². The maximum atomic E-state index is 11.4. The molecule has 0 bridgehead atoms. The molecule has 1 saturated heterocycles. The molecule has 0 spiro atoms. The number of carbonyl (C=O) groups excluding carboxylic acids is 1. The summed E-state index contributed by atoms with van der Waals surface area (Å²) in [5, 5.41) is 20.2. The van der Waals surface area contributed by atoms with Crippen LogP contribution in [-0.4, -0.2) is 47.7 Å². The van der Waals surface area contributed by atoms with Gasteiger partial charge in [-0.05, 0) is 32.7 Å². The van der Waals surface area contributed by atoms with Crippen molar-refractivity contribution in [2.45, 2.75) is 38.3 Å². The molecule has 16 heavy (non-hydrogen) atoms. The standard InChI is InChI=1S/C11H19N3O2/c1-9(15)7-10-3-2-6-14(10)8-11(16)13-5-4-12/h9-10,15H,2-3,5-8H2,1H3,(H,13,16). The van der Waals surface area contributed by atoms with Gasteiger partial charge in [0.15, 0.2) is 0 Å². The van der Waals surface area contributed by atoms with Crippen molar-refractivity contribution in [2.24, 2.45) is 0 Å². The third-order valence-corrected chi connectivity index (χ3v) is 2.82. The molecule has 5 heteroatoms. The molecule has 2 unspecified atom stereocenters. The molecule has 0 aromatic heterocycles. The highest BCUT2D eigenvalue weighted by Gasteiger charge is 2.26. The summed E-state index contributed by atoms with van der Waals surface area (Å²) in [6, 6.07) is 2.18. The van der Waals surface area contributed by atoms with Gasteiger partial charge in [-0.1, -0.05) is 0 Å². The minimum absolute atomic E-state index is 0.0632. The first kappa shape index (κ1) is 12.9. The van der Waals surface area contributed by atoms with Crippen molar-refractivity contribution in [1.82, 2.24) is 10.2 Å². The lowest BCUT2D eigenvalue weighted by Gasteiger charge is -2.24. The summed E-state index contributed by atoms with van der Waals surface area (Å²) in [5.41, 5.74) is 0. The highest BCUT2D eigenvalue weighted by atomic mass is 16.3. The average molecular weight is 225 g/mol. The van der Waals surface area contributed by atoms with E-state index >= 15 is 0 Å². The van der Waals surface area contributed by atoms with Gasteiger partial charge in [-0.15, -0.1) is 0 Å². The van der Waals surface area contributed by atoms with Gasteiger partial charge in [-0.25, -0.2) is 0 Å². The first-order valence-electron chi connectivity index (χ1n) is 5.69. The van der Waals surface area contributed by atoms with Crippen LogP contribution in [0.4, 0.5) is 0 Å². The number of aliphatic hydroxyl groups is 1. The molecule has 2 atom stereocenters. The Kier molecular flexibility index (Phi) is 5.23. The molecule has 0 aromatic rings. The van der Waals surface area contributed by atoms with Crippen LogP contribution in [0.2, 0.25) is 0 Å². The van der Waals surface area contributed by atoms with E-state index in [1.54, 1.807) is 6.92 Å². The van der Waals surface area contributed by atoms with Crippen LogP contribution in [0.5, 0.6) is 0 Å². The Morgan fingerprint density at radius 1 is 1.75 bits per heavy atom. The molecule has 0 saturated carbocycles. The van der Waals surface area contributed by atoms with Crippen LogP contribution < -0.4 is 5.32 Å². The molecule has 1 rings (SSSR count). The number of aliphatic hydroxyl groups excluding tert-OH is 1. The van der Waals surface area contributed by atoms with Crippen molar-refractivity contribution in [3.63, 3.8) is 0 Å². The number of carbonyl (C=O) groups is 1. The lowest BCUT2D eigenvalue weighted by molar-refractivity contribution is -0.122. The van der Waals surface area contributed by atoms with Crippen molar-refractivity contribution in [3.8, 4) is 6.07 Å². The largest absolute Gasteiger partial charge is 0.393 e. The molecule has 90 valence electrons. The Balaban J connectivity index is 2.35. The molecule has 1 amide bonds. The molecule has 0 aliphatic carbocycles. The zero-order valence-electron chi connectivity index (χ0n) is 9.65. The summed E-state index contributed by atoms with van der Waals surface area (Å²) in [7, 11) is 0. The van der Waals surface area contributed by atoms with Gasteiger partial charge in [-0.2, -0.15) is 5.26 Å². The maximum Gasteiger partial charge on any atom is 0.235 e. The fourth-order valence-corrected chi connectivity index (χ4v) is 2.14. The molecule has 1 heterocycles. The lowest BCUT2D eigenvalue weighted by atomic mass is 10.1. The van der Waals surface area contributed by atoms with Gasteiger partial charge in [-0.3, -0.25) is 9.69 Å². The van der Waals surface area contributed by atoms with E-state index in [1.807, 2.05) is 6.07 Å². The fraction of sp³-hybridized carbons (Fsp3) is 0.818. The number of nitriles is 1. The number of rotatable bonds is 5. The van der Waals surface area contributed by atoms with Crippen LogP contribution in [0.15, 0.2) is 0 Å². The minimum Gasteiger partial charge on any atom is -0.393 e. The first-order valence-corrected chi connectivity index (χ1v) is 5.69. The second kappa shape index (κ2) is 6.46. The van der Waals surface area contributed by atoms with E-state index in [2.05, 4.69) is 10.2 Å². The van der Waals surface area contributed by atoms with Crippen LogP contribution in [0.3, 0.4) is 0 Å². The SMILES string of the molecule is CC(O)CC1CCCN1CC(=O)NCC#N. The topological polar surface area (TPSA) is 76.4 Å². The number of hydrogen-bond acceptors (Lipinski definition) is 4. The van der Waals surface area contributed by atoms with E-state index in [0.29, 0.717) is 19.0 Å². The van der Waals surface area contributed by atoms with Crippen molar-refractivity contribution in [2.75, 3.05) is 19.6 Å². The number of hydrogen-bond donors (Lipinski definition) is 2. The highest BCUT2D eigenvalue weighted by molar-refractivity contribution is 5.78. The fourth-order valence-electron chi connectivity index (χ4n) is 2.14. The van der Waals surface area contributed by atoms with Gasteiger partial charge in [0.2, 0.25) is 5.91 Å². The van der Waals surface area contributed by atoms with Gasteiger partial charge in [0.25, 0.3) is 0 Å². The third kappa shape index (κ3) is 4.17. The van der Waals surface area contributed by atoms with E-state index in [4.69, 9.17) is 5.26 Å². The van der Waals surface area contributed by atoms with Crippen molar-refractivity contribution >= 4 is 5.91 Å². The smallest absolute Gasteiger partial charge is 0.235 e. The van der Waals surface area contributed by atoms with E-state index in [0.717, 1.165) is 19.4 Å². The minimum atomic E-state index is -0.326. The predicted octanol–water partition coefficient (Wildman–Crippen LogP) is -0.139. The Morgan fingerprint density at radius 3 is 3.12 bits per heavy atom. The number of amides is 1. The van der Waals surface area contributed by atoms with Crippen molar-refractivity contribution in [1.29, 1.82) is 5.26 Å². The highest BCUT2D eigenvalue weighted by Crippen LogP contribution is 2.20. The van der Waals surface area contributed by atoms with Crippen LogP contribution in [0, 0.1) is 11.3 Å². The van der Waals surface area contributed by atoms with Crippen LogP contribution in [-0.2, 0) is 4.79 Å². The number of likely N-dealkylation sites (tertiary alicyclic amines) is 1. The Labute approximate surface area is 96.0 Å². The van der Waals surface area contributed by atoms with Crippen LogP contribution in [0.25, 0.3) is 0 Å². The monoisotopic (exact) mass is 225 g/mol. The molecule has 1 aliphatic heterocycles. The molecule has 0 aromatic carbocycles. The summed E-state index contributed by atoms with van der Waals surface area (Å²) in [4.78, 5) is 13.5. The zero-order chi connectivity index (χ0) is 12.0. The summed E-state index contributed by atoms with van der Waals surface area (Å²) in [6.07, 6.45) is 2.50. The zero-order valence-corrected chi connectivity index (χ0v) is 9.65. The molecule has 2 N–H and O–H groups in total. The van der Waals surface area contributed by atoms with E-state index in [1.165, 1.54) is 0 Å². The van der Waals surface area contributed by atoms with Gasteiger partial charge >= 0.3 is 0 Å². The van der Waals surface area contributed by atoms with E-state index < -0.39 is 0 Å². The van der Waals surface area contributed by atoms with E-state index in [9.17, 15) is 9.90 Å². The van der Waals surface area contributed by atoms with Gasteiger partial charge < -0.3 is 10.4 Å². The van der Waals surface area contributed by atoms with Crippen molar-refractivity contribution in [3.05, 3.63) is 0 Å². The third-order valence-electron chi connectivity index (χ3n) is 2.82. The average Bonchev–Trinajstić information content (AvgIpc) is 2.62. The van der Waals surface area contributed by atoms with Gasteiger partial charge in [0, 0.05) is 6.04 Å². The summed E-state index contributed by atoms with van der Waals surface area (Å²) in [5.74, 6) is -0.112. The second-order valence-corrected chi connectivity index (χ2v) is 4.29. The van der Waals surface area contributed by atoms with Gasteiger partial charge in [0.1, 0.15) is 6.54 Å². The predicted molar refractivity (Wildman–Crippen MR) is 59.5 cm³/mol. The molecule has 5 nitrogen and oxygen atoms in total. The molecular formula is C11H19N3O2. The Morgan fingerprint density at radius 2 is 2.50 bits per heavy atom. The number of nitrogens with zero attached hydrogens (tertiary/aromatic N) is 2. The lowest BCUT2D eigenvalue weighted by Crippen LogP contribution is -2.40. The molecule has 1 fully saturated rings. The Bertz CT molecular complexity index is 273. The van der Waals surface area contributed by atoms with E-state index in [-0.39, 0.29) is 18.6 Å². The normalized spacial score (nSPS) is 22.7. The first-order chi connectivity index (χ1) is 7.63. The van der Waals surface area contributed by atoms with Crippen molar-refractivity contribution < 1.29 is 9.90 Å². The summed E-state index contributed by atoms with van der Waals surface area (Å²) in [6.45, 7) is 3.07. The Hall–Kier alpha value is -1.12. The van der Waals surface area contributed by atoms with Crippen LogP contribution in [0.1, 0.15) is 26.2 Å². The summed E-state index contributed by atoms with van der Waals surface area (Å²) >= 11 is 0. The summed E-state index contributed by atoms with van der Waals surface area (Å²) < 4.78 is 0. The quantitative estimate of drug-likeness (QED) is 0.639. The second-order valence-electron chi connectivity index (χ2n) is 4.29. The molecule has 1 aliphatic rings. The van der Waals surface area contributed by atoms with Crippen LogP contribution >= 0.6 is 0 Å². The number of nitrogens with one attached hydrogen (secondary N) is 1. The molecule has 0 radical (unpaired) electrons. The molecular weight excluding hydrogens is 206 g/mol.